The Bertz CT molecular complexity index is 563. The van der Waals surface area contributed by atoms with Crippen LogP contribution in [0.5, 0.6) is 0 Å². The van der Waals surface area contributed by atoms with Crippen molar-refractivity contribution in [1.29, 1.82) is 0 Å². The number of nitrogens with zero attached hydrogens (tertiary/aromatic N) is 2. The van der Waals surface area contributed by atoms with E-state index in [1.54, 1.807) is 0 Å². The molecule has 0 fully saturated rings. The Morgan fingerprint density at radius 1 is 1.28 bits per heavy atom. The second kappa shape index (κ2) is 4.56. The molecular weight excluding hydrogens is 263 g/mol. The molecule has 2 heterocycles. The third-order valence-corrected chi connectivity index (χ3v) is 3.37. The van der Waals surface area contributed by atoms with E-state index >= 15 is 0 Å². The molecule has 1 N–H and O–H groups in total. The molecule has 96 valence electrons. The zero-order chi connectivity index (χ0) is 13.3. The summed E-state index contributed by atoms with van der Waals surface area (Å²) < 4.78 is 38.0. The van der Waals surface area contributed by atoms with Crippen LogP contribution >= 0.6 is 11.3 Å². The molecule has 2 aromatic heterocycles. The zero-order valence-electron chi connectivity index (χ0n) is 9.67. The molecule has 0 aromatic carbocycles. The highest BCUT2D eigenvalue weighted by molar-refractivity contribution is 7.13. The summed E-state index contributed by atoms with van der Waals surface area (Å²) in [6.45, 7) is 1.83. The van der Waals surface area contributed by atoms with Crippen molar-refractivity contribution in [1.82, 2.24) is 9.97 Å². The minimum Gasteiger partial charge on any atom is -0.373 e. The second-order valence-electron chi connectivity index (χ2n) is 3.64. The first-order valence-electron chi connectivity index (χ1n) is 5.10. The molecule has 0 spiro atoms. The molecule has 0 unspecified atom stereocenters. The third-order valence-electron chi connectivity index (χ3n) is 2.33. The lowest BCUT2D eigenvalue weighted by molar-refractivity contribution is -0.144. The Hall–Kier alpha value is -1.63. The molecular formula is C11H10F3N3S. The average Bonchev–Trinajstić information content (AvgIpc) is 2.73. The van der Waals surface area contributed by atoms with E-state index in [-0.39, 0.29) is 11.5 Å². The van der Waals surface area contributed by atoms with Gasteiger partial charge in [0.1, 0.15) is 5.82 Å². The minimum absolute atomic E-state index is 0.153. The summed E-state index contributed by atoms with van der Waals surface area (Å²) in [7, 11) is 1.52. The summed E-state index contributed by atoms with van der Waals surface area (Å²) in [6, 6.07) is 3.35. The van der Waals surface area contributed by atoms with Gasteiger partial charge in [0.05, 0.1) is 10.6 Å². The molecule has 0 aliphatic heterocycles. The smallest absolute Gasteiger partial charge is 0.373 e. The molecule has 18 heavy (non-hydrogen) atoms. The van der Waals surface area contributed by atoms with Gasteiger partial charge in [-0.3, -0.25) is 0 Å². The monoisotopic (exact) mass is 273 g/mol. The Morgan fingerprint density at radius 2 is 2.00 bits per heavy atom. The standard InChI is InChI=1S/C11H10F3N3S/c1-6-3-4-18-9(6)7-5-8(15-2)17-10(16-7)11(12,13)14/h3-5H,1-2H3,(H,15,16,17). The van der Waals surface area contributed by atoms with Gasteiger partial charge in [-0.25, -0.2) is 9.97 Å². The summed E-state index contributed by atoms with van der Waals surface area (Å²) >= 11 is 1.36. The fraction of sp³-hybridized carbons (Fsp3) is 0.273. The van der Waals surface area contributed by atoms with Crippen LogP contribution in [0.25, 0.3) is 10.6 Å². The molecule has 3 nitrogen and oxygen atoms in total. The average molecular weight is 273 g/mol. The fourth-order valence-electron chi connectivity index (χ4n) is 1.45. The molecule has 2 rings (SSSR count). The maximum atomic E-state index is 12.7. The van der Waals surface area contributed by atoms with E-state index in [4.69, 9.17) is 0 Å². The Kier molecular flexibility index (Phi) is 3.25. The molecule has 0 bridgehead atoms. The predicted molar refractivity (Wildman–Crippen MR) is 64.6 cm³/mol. The van der Waals surface area contributed by atoms with Gasteiger partial charge in [0.15, 0.2) is 0 Å². The number of rotatable bonds is 2. The number of hydrogen-bond acceptors (Lipinski definition) is 4. The summed E-state index contributed by atoms with van der Waals surface area (Å²) in [6.07, 6.45) is -4.55. The van der Waals surface area contributed by atoms with Crippen LogP contribution in [0, 0.1) is 6.92 Å². The number of thiophene rings is 1. The van der Waals surface area contributed by atoms with Gasteiger partial charge in [0, 0.05) is 13.1 Å². The van der Waals surface area contributed by atoms with Crippen molar-refractivity contribution in [2.45, 2.75) is 13.1 Å². The quantitative estimate of drug-likeness (QED) is 0.909. The van der Waals surface area contributed by atoms with E-state index in [0.717, 1.165) is 10.4 Å². The largest absolute Gasteiger partial charge is 0.451 e. The number of anilines is 1. The van der Waals surface area contributed by atoms with Crippen LogP contribution < -0.4 is 5.32 Å². The van der Waals surface area contributed by atoms with Gasteiger partial charge >= 0.3 is 6.18 Å². The Balaban J connectivity index is 2.58. The predicted octanol–water partition coefficient (Wildman–Crippen LogP) is 3.57. The van der Waals surface area contributed by atoms with Crippen molar-refractivity contribution in [2.24, 2.45) is 0 Å². The second-order valence-corrected chi connectivity index (χ2v) is 4.56. The third kappa shape index (κ3) is 2.45. The first-order valence-corrected chi connectivity index (χ1v) is 5.98. The summed E-state index contributed by atoms with van der Waals surface area (Å²) in [4.78, 5) is 7.73. The lowest BCUT2D eigenvalue weighted by atomic mass is 10.2. The lowest BCUT2D eigenvalue weighted by Crippen LogP contribution is -2.13. The van der Waals surface area contributed by atoms with Crippen LogP contribution in [0.3, 0.4) is 0 Å². The van der Waals surface area contributed by atoms with E-state index in [9.17, 15) is 13.2 Å². The van der Waals surface area contributed by atoms with Gasteiger partial charge < -0.3 is 5.32 Å². The highest BCUT2D eigenvalue weighted by Crippen LogP contribution is 2.32. The van der Waals surface area contributed by atoms with Crippen molar-refractivity contribution in [3.05, 3.63) is 28.9 Å². The van der Waals surface area contributed by atoms with Gasteiger partial charge in [-0.1, -0.05) is 0 Å². The normalized spacial score (nSPS) is 11.6. The van der Waals surface area contributed by atoms with Gasteiger partial charge in [-0.15, -0.1) is 11.3 Å². The molecule has 0 amide bonds. The van der Waals surface area contributed by atoms with Crippen molar-refractivity contribution in [3.8, 4) is 10.6 Å². The van der Waals surface area contributed by atoms with Crippen LogP contribution in [0.15, 0.2) is 17.5 Å². The first-order chi connectivity index (χ1) is 8.41. The van der Waals surface area contributed by atoms with E-state index in [0.29, 0.717) is 0 Å². The van der Waals surface area contributed by atoms with E-state index in [1.807, 2.05) is 18.4 Å². The van der Waals surface area contributed by atoms with Crippen LogP contribution in [-0.4, -0.2) is 17.0 Å². The number of hydrogen-bond donors (Lipinski definition) is 1. The molecule has 2 aromatic rings. The lowest BCUT2D eigenvalue weighted by Gasteiger charge is -2.09. The van der Waals surface area contributed by atoms with Crippen molar-refractivity contribution in [2.75, 3.05) is 12.4 Å². The van der Waals surface area contributed by atoms with Gasteiger partial charge in [-0.2, -0.15) is 13.2 Å². The zero-order valence-corrected chi connectivity index (χ0v) is 10.5. The molecule has 0 atom stereocenters. The number of aryl methyl sites for hydroxylation is 1. The first kappa shape index (κ1) is 12.8. The number of alkyl halides is 3. The van der Waals surface area contributed by atoms with Crippen molar-refractivity contribution in [3.63, 3.8) is 0 Å². The molecule has 0 saturated heterocycles. The topological polar surface area (TPSA) is 37.8 Å². The van der Waals surface area contributed by atoms with Crippen LogP contribution in [0.1, 0.15) is 11.4 Å². The molecule has 7 heteroatoms. The number of aromatic nitrogens is 2. The summed E-state index contributed by atoms with van der Waals surface area (Å²) in [5, 5.41) is 4.43. The molecule has 0 aliphatic rings. The maximum Gasteiger partial charge on any atom is 0.451 e. The Labute approximate surface area is 106 Å². The number of halogens is 3. The van der Waals surface area contributed by atoms with E-state index in [2.05, 4.69) is 15.3 Å². The molecule has 0 radical (unpaired) electrons. The Morgan fingerprint density at radius 3 is 2.50 bits per heavy atom. The van der Waals surface area contributed by atoms with Gasteiger partial charge in [0.25, 0.3) is 0 Å². The van der Waals surface area contributed by atoms with E-state index < -0.39 is 12.0 Å². The van der Waals surface area contributed by atoms with Gasteiger partial charge in [-0.05, 0) is 23.9 Å². The fourth-order valence-corrected chi connectivity index (χ4v) is 2.34. The minimum atomic E-state index is -4.55. The van der Waals surface area contributed by atoms with Crippen LogP contribution in [0.4, 0.5) is 19.0 Å². The van der Waals surface area contributed by atoms with Crippen molar-refractivity contribution < 1.29 is 13.2 Å². The SMILES string of the molecule is CNc1cc(-c2sccc2C)nc(C(F)(F)F)n1. The molecule has 0 aliphatic carbocycles. The maximum absolute atomic E-state index is 12.7. The van der Waals surface area contributed by atoms with Gasteiger partial charge in [0.2, 0.25) is 5.82 Å². The van der Waals surface area contributed by atoms with Crippen LogP contribution in [0.2, 0.25) is 0 Å². The molecule has 0 saturated carbocycles. The summed E-state index contributed by atoms with van der Waals surface area (Å²) in [5.74, 6) is -0.975. The highest BCUT2D eigenvalue weighted by Gasteiger charge is 2.35. The highest BCUT2D eigenvalue weighted by atomic mass is 32.1. The number of nitrogens with one attached hydrogen (secondary N) is 1. The van der Waals surface area contributed by atoms with E-state index in [1.165, 1.54) is 24.5 Å². The van der Waals surface area contributed by atoms with Crippen LogP contribution in [-0.2, 0) is 6.18 Å². The summed E-state index contributed by atoms with van der Waals surface area (Å²) in [5.41, 5.74) is 1.18. The van der Waals surface area contributed by atoms with Crippen molar-refractivity contribution >= 4 is 17.2 Å².